The van der Waals surface area contributed by atoms with E-state index in [1.807, 2.05) is 0 Å². The number of aryl methyl sites for hydroxylation is 1. The molecule has 1 heterocycles. The SMILES string of the molecule is C=C(Nc1ccccc1C)C1CC(C)CN1C. The van der Waals surface area contributed by atoms with E-state index in [1.54, 1.807) is 0 Å². The summed E-state index contributed by atoms with van der Waals surface area (Å²) in [5.41, 5.74) is 3.55. The smallest absolute Gasteiger partial charge is 0.0492 e. The first-order chi connectivity index (χ1) is 8.08. The van der Waals surface area contributed by atoms with Crippen LogP contribution in [0.3, 0.4) is 0 Å². The van der Waals surface area contributed by atoms with Crippen LogP contribution >= 0.6 is 0 Å². The zero-order valence-corrected chi connectivity index (χ0v) is 11.0. The van der Waals surface area contributed by atoms with E-state index in [-0.39, 0.29) is 0 Å². The summed E-state index contributed by atoms with van der Waals surface area (Å²) in [5.74, 6) is 0.764. The van der Waals surface area contributed by atoms with E-state index in [0.29, 0.717) is 6.04 Å². The fourth-order valence-corrected chi connectivity index (χ4v) is 2.63. The van der Waals surface area contributed by atoms with Gasteiger partial charge in [-0.05, 0) is 37.9 Å². The van der Waals surface area contributed by atoms with Crippen LogP contribution in [0.15, 0.2) is 36.5 Å². The molecule has 0 aromatic heterocycles. The normalized spacial score (nSPS) is 24.9. The number of nitrogens with one attached hydrogen (secondary N) is 1. The van der Waals surface area contributed by atoms with Crippen molar-refractivity contribution < 1.29 is 0 Å². The Morgan fingerprint density at radius 1 is 1.41 bits per heavy atom. The van der Waals surface area contributed by atoms with Gasteiger partial charge in [0.15, 0.2) is 0 Å². The third-order valence-corrected chi connectivity index (χ3v) is 3.60. The molecule has 2 heteroatoms. The van der Waals surface area contributed by atoms with Crippen molar-refractivity contribution >= 4 is 5.69 Å². The van der Waals surface area contributed by atoms with E-state index < -0.39 is 0 Å². The minimum atomic E-state index is 0.463. The number of nitrogens with zero attached hydrogens (tertiary/aromatic N) is 1. The number of rotatable bonds is 3. The van der Waals surface area contributed by atoms with Crippen LogP contribution in [0.2, 0.25) is 0 Å². The number of hydrogen-bond donors (Lipinski definition) is 1. The average molecular weight is 230 g/mol. The largest absolute Gasteiger partial charge is 0.358 e. The van der Waals surface area contributed by atoms with E-state index in [4.69, 9.17) is 0 Å². The highest BCUT2D eigenvalue weighted by Gasteiger charge is 2.28. The molecule has 2 unspecified atom stereocenters. The highest BCUT2D eigenvalue weighted by molar-refractivity contribution is 5.54. The Morgan fingerprint density at radius 2 is 2.12 bits per heavy atom. The van der Waals surface area contributed by atoms with Crippen LogP contribution in [0, 0.1) is 12.8 Å². The second kappa shape index (κ2) is 4.92. The highest BCUT2D eigenvalue weighted by Crippen LogP contribution is 2.27. The predicted molar refractivity (Wildman–Crippen MR) is 74.1 cm³/mol. The van der Waals surface area contributed by atoms with Gasteiger partial charge >= 0.3 is 0 Å². The Hall–Kier alpha value is -1.28. The minimum Gasteiger partial charge on any atom is -0.358 e. The van der Waals surface area contributed by atoms with Crippen LogP contribution in [0.1, 0.15) is 18.9 Å². The monoisotopic (exact) mass is 230 g/mol. The van der Waals surface area contributed by atoms with Gasteiger partial charge in [-0.25, -0.2) is 0 Å². The molecule has 2 rings (SSSR count). The molecule has 1 saturated heterocycles. The van der Waals surface area contributed by atoms with Gasteiger partial charge in [0.2, 0.25) is 0 Å². The third kappa shape index (κ3) is 2.70. The van der Waals surface area contributed by atoms with Gasteiger partial charge in [0.05, 0.1) is 0 Å². The maximum absolute atomic E-state index is 4.21. The second-order valence-corrected chi connectivity index (χ2v) is 5.26. The van der Waals surface area contributed by atoms with Crippen LogP contribution in [0.25, 0.3) is 0 Å². The van der Waals surface area contributed by atoms with Gasteiger partial charge in [-0.1, -0.05) is 31.7 Å². The minimum absolute atomic E-state index is 0.463. The van der Waals surface area contributed by atoms with Crippen molar-refractivity contribution in [2.24, 2.45) is 5.92 Å². The summed E-state index contributed by atoms with van der Waals surface area (Å²) in [6.45, 7) is 9.80. The molecule has 1 aliphatic heterocycles. The number of benzene rings is 1. The zero-order chi connectivity index (χ0) is 12.4. The molecule has 1 aromatic rings. The Bertz CT molecular complexity index is 411. The van der Waals surface area contributed by atoms with Crippen molar-refractivity contribution in [2.45, 2.75) is 26.3 Å². The predicted octanol–water partition coefficient (Wildman–Crippen LogP) is 3.26. The maximum atomic E-state index is 4.21. The van der Waals surface area contributed by atoms with Crippen LogP contribution in [-0.4, -0.2) is 24.5 Å². The van der Waals surface area contributed by atoms with E-state index in [2.05, 4.69) is 62.0 Å². The van der Waals surface area contributed by atoms with Gasteiger partial charge in [0.25, 0.3) is 0 Å². The molecule has 0 bridgehead atoms. The molecule has 92 valence electrons. The summed E-state index contributed by atoms with van der Waals surface area (Å²) in [7, 11) is 2.18. The molecule has 0 radical (unpaired) electrons. The van der Waals surface area contributed by atoms with Crippen LogP contribution in [0.5, 0.6) is 0 Å². The van der Waals surface area contributed by atoms with E-state index in [1.165, 1.54) is 24.2 Å². The lowest BCUT2D eigenvalue weighted by Gasteiger charge is -2.23. The number of likely N-dealkylation sites (N-methyl/N-ethyl adjacent to an activating group) is 1. The summed E-state index contributed by atoms with van der Waals surface area (Å²) in [5, 5.41) is 3.47. The molecule has 2 nitrogen and oxygen atoms in total. The van der Waals surface area contributed by atoms with Gasteiger partial charge in [-0.3, -0.25) is 4.90 Å². The first kappa shape index (κ1) is 12.2. The summed E-state index contributed by atoms with van der Waals surface area (Å²) in [6.07, 6.45) is 1.20. The zero-order valence-electron chi connectivity index (χ0n) is 11.0. The van der Waals surface area contributed by atoms with Crippen LogP contribution in [-0.2, 0) is 0 Å². The summed E-state index contributed by atoms with van der Waals surface area (Å²) < 4.78 is 0. The molecule has 17 heavy (non-hydrogen) atoms. The second-order valence-electron chi connectivity index (χ2n) is 5.26. The van der Waals surface area contributed by atoms with E-state index in [9.17, 15) is 0 Å². The van der Waals surface area contributed by atoms with Crippen LogP contribution < -0.4 is 5.32 Å². The lowest BCUT2D eigenvalue weighted by atomic mass is 10.1. The van der Waals surface area contributed by atoms with Crippen LogP contribution in [0.4, 0.5) is 5.69 Å². The topological polar surface area (TPSA) is 15.3 Å². The summed E-state index contributed by atoms with van der Waals surface area (Å²) in [4.78, 5) is 2.39. The summed E-state index contributed by atoms with van der Waals surface area (Å²) in [6, 6.07) is 8.82. The van der Waals surface area contributed by atoms with Crippen molar-refractivity contribution in [3.8, 4) is 0 Å². The van der Waals surface area contributed by atoms with Gasteiger partial charge in [0, 0.05) is 24.0 Å². The van der Waals surface area contributed by atoms with Gasteiger partial charge in [-0.15, -0.1) is 0 Å². The number of para-hydroxylation sites is 1. The molecule has 0 aliphatic carbocycles. The lowest BCUT2D eigenvalue weighted by molar-refractivity contribution is 0.341. The molecule has 1 fully saturated rings. The fraction of sp³-hybridized carbons (Fsp3) is 0.467. The Balaban J connectivity index is 2.05. The quantitative estimate of drug-likeness (QED) is 0.857. The van der Waals surface area contributed by atoms with Crippen molar-refractivity contribution in [3.05, 3.63) is 42.1 Å². The van der Waals surface area contributed by atoms with Gasteiger partial charge in [0.1, 0.15) is 0 Å². The first-order valence-electron chi connectivity index (χ1n) is 6.29. The maximum Gasteiger partial charge on any atom is 0.0492 e. The highest BCUT2D eigenvalue weighted by atomic mass is 15.2. The van der Waals surface area contributed by atoms with E-state index in [0.717, 1.165) is 11.6 Å². The fourth-order valence-electron chi connectivity index (χ4n) is 2.63. The van der Waals surface area contributed by atoms with Crippen molar-refractivity contribution in [1.29, 1.82) is 0 Å². The molecular weight excluding hydrogens is 208 g/mol. The van der Waals surface area contributed by atoms with Crippen molar-refractivity contribution in [2.75, 3.05) is 18.9 Å². The molecular formula is C15H22N2. The molecule has 1 aliphatic rings. The van der Waals surface area contributed by atoms with E-state index >= 15 is 0 Å². The molecule has 0 saturated carbocycles. The number of anilines is 1. The number of likely N-dealkylation sites (tertiary alicyclic amines) is 1. The average Bonchev–Trinajstić information content (AvgIpc) is 2.61. The molecule has 1 N–H and O–H groups in total. The molecule has 1 aromatic carbocycles. The molecule has 0 spiro atoms. The Labute approximate surface area is 104 Å². The molecule has 0 amide bonds. The van der Waals surface area contributed by atoms with Crippen molar-refractivity contribution in [3.63, 3.8) is 0 Å². The van der Waals surface area contributed by atoms with Crippen molar-refractivity contribution in [1.82, 2.24) is 4.90 Å². The Kier molecular flexibility index (Phi) is 3.53. The molecule has 2 atom stereocenters. The lowest BCUT2D eigenvalue weighted by Crippen LogP contribution is -2.29. The van der Waals surface area contributed by atoms with Gasteiger partial charge in [-0.2, -0.15) is 0 Å². The number of hydrogen-bond acceptors (Lipinski definition) is 2. The third-order valence-electron chi connectivity index (χ3n) is 3.60. The Morgan fingerprint density at radius 3 is 2.71 bits per heavy atom. The summed E-state index contributed by atoms with van der Waals surface area (Å²) >= 11 is 0. The first-order valence-corrected chi connectivity index (χ1v) is 6.29. The van der Waals surface area contributed by atoms with Gasteiger partial charge < -0.3 is 5.32 Å². The standard InChI is InChI=1S/C15H22N2/c1-11-9-15(17(4)10-11)13(3)16-14-8-6-5-7-12(14)2/h5-8,11,15-16H,3,9-10H2,1-2,4H3.